The third-order valence-electron chi connectivity index (χ3n) is 6.68. The predicted molar refractivity (Wildman–Crippen MR) is 163 cm³/mol. The number of aliphatic hydroxyl groups excluding tert-OH is 1. The summed E-state index contributed by atoms with van der Waals surface area (Å²) >= 11 is 0. The highest BCUT2D eigenvalue weighted by molar-refractivity contribution is 7.91. The van der Waals surface area contributed by atoms with Crippen LogP contribution >= 0.6 is 0 Å². The van der Waals surface area contributed by atoms with Crippen LogP contribution in [0, 0.1) is 0 Å². The van der Waals surface area contributed by atoms with Crippen LogP contribution in [0.5, 0.6) is 17.2 Å². The average molecular weight is 630 g/mol. The summed E-state index contributed by atoms with van der Waals surface area (Å²) in [5.74, 6) is 0.372. The van der Waals surface area contributed by atoms with E-state index in [4.69, 9.17) is 15.2 Å². The smallest absolute Gasteiger partial charge is 0.265 e. The molecule has 0 aliphatic heterocycles. The van der Waals surface area contributed by atoms with Crippen molar-refractivity contribution < 1.29 is 36.2 Å². The molecule has 0 bridgehead atoms. The van der Waals surface area contributed by atoms with E-state index in [-0.39, 0.29) is 34.4 Å². The SMILES string of the molecule is CC(C)(Cc1ccc(Oc2ccc(S(C)(=O)=O)cc2S(C)(=O)=O)cc1)NC[C@@H](O)COc1cccc2[nH]c(C(N)=O)cc12. The fourth-order valence-corrected chi connectivity index (χ4v) is 6.03. The topological polar surface area (TPSA) is 178 Å². The highest BCUT2D eigenvalue weighted by atomic mass is 32.2. The Hall–Kier alpha value is -3.91. The zero-order chi connectivity index (χ0) is 31.6. The molecule has 3 aromatic carbocycles. The lowest BCUT2D eigenvalue weighted by atomic mass is 9.94. The number of benzene rings is 3. The number of sulfone groups is 2. The van der Waals surface area contributed by atoms with E-state index in [2.05, 4.69) is 10.3 Å². The summed E-state index contributed by atoms with van der Waals surface area (Å²) in [5.41, 5.74) is 6.91. The number of β-amino-alcohol motifs (C(OH)–C–C–N with tert-alkyl or cyclic N) is 1. The van der Waals surface area contributed by atoms with Gasteiger partial charge in [-0.2, -0.15) is 0 Å². The van der Waals surface area contributed by atoms with Gasteiger partial charge in [0.1, 0.15) is 40.5 Å². The van der Waals surface area contributed by atoms with Gasteiger partial charge in [-0.15, -0.1) is 0 Å². The molecule has 0 saturated heterocycles. The van der Waals surface area contributed by atoms with Crippen molar-refractivity contribution >= 4 is 36.5 Å². The maximum Gasteiger partial charge on any atom is 0.265 e. The van der Waals surface area contributed by atoms with Gasteiger partial charge in [-0.05, 0) is 74.4 Å². The molecule has 0 spiro atoms. The summed E-state index contributed by atoms with van der Waals surface area (Å²) in [6, 6.07) is 17.8. The number of carbonyl (C=O) groups is 1. The first-order chi connectivity index (χ1) is 20.0. The maximum absolute atomic E-state index is 12.3. The third kappa shape index (κ3) is 8.35. The number of H-pyrrole nitrogens is 1. The van der Waals surface area contributed by atoms with Crippen molar-refractivity contribution in [3.05, 3.63) is 78.0 Å². The minimum atomic E-state index is -3.76. The number of primary amides is 1. The number of fused-ring (bicyclic) bond motifs is 1. The molecule has 1 atom stereocenters. The number of aromatic amines is 1. The summed E-state index contributed by atoms with van der Waals surface area (Å²) in [6.45, 7) is 4.30. The molecule has 4 aromatic rings. The van der Waals surface area contributed by atoms with Crippen LogP contribution in [0.1, 0.15) is 29.9 Å². The van der Waals surface area contributed by atoms with E-state index in [0.29, 0.717) is 28.8 Å². The Kier molecular flexibility index (Phi) is 9.21. The second kappa shape index (κ2) is 12.4. The number of ether oxygens (including phenoxy) is 2. The number of aliphatic hydroxyl groups is 1. The van der Waals surface area contributed by atoms with E-state index in [0.717, 1.165) is 24.1 Å². The number of amides is 1. The van der Waals surface area contributed by atoms with E-state index in [1.807, 2.05) is 26.0 Å². The first-order valence-corrected chi connectivity index (χ1v) is 17.1. The van der Waals surface area contributed by atoms with Gasteiger partial charge in [0.15, 0.2) is 19.7 Å². The molecule has 0 fully saturated rings. The molecule has 0 unspecified atom stereocenters. The second-order valence-electron chi connectivity index (χ2n) is 11.1. The maximum atomic E-state index is 12.3. The molecule has 230 valence electrons. The van der Waals surface area contributed by atoms with Crippen LogP contribution in [0.2, 0.25) is 0 Å². The van der Waals surface area contributed by atoms with Crippen LogP contribution in [-0.4, -0.2) is 70.1 Å². The van der Waals surface area contributed by atoms with E-state index in [9.17, 15) is 26.7 Å². The standard InChI is InChI=1S/C30H35N3O8S2/c1-30(2,32-17-20(34)18-40-26-7-5-6-24-23(26)15-25(33-24)29(31)35)16-19-8-10-21(11-9-19)41-27-13-12-22(42(3,36)37)14-28(27)43(4,38)39/h5-15,20,32-34H,16-18H2,1-4H3,(H2,31,35)/t20-/m1/s1. The number of hydrogen-bond acceptors (Lipinski definition) is 9. The molecule has 0 saturated carbocycles. The monoisotopic (exact) mass is 629 g/mol. The van der Waals surface area contributed by atoms with Gasteiger partial charge in [0.2, 0.25) is 0 Å². The number of aromatic nitrogens is 1. The highest BCUT2D eigenvalue weighted by Crippen LogP contribution is 2.32. The molecular formula is C30H35N3O8S2. The van der Waals surface area contributed by atoms with Crippen molar-refractivity contribution in [2.75, 3.05) is 25.7 Å². The van der Waals surface area contributed by atoms with Gasteiger partial charge in [0.25, 0.3) is 5.91 Å². The fraction of sp³-hybridized carbons (Fsp3) is 0.300. The number of nitrogens with two attached hydrogens (primary N) is 1. The van der Waals surface area contributed by atoms with Gasteiger partial charge in [0, 0.05) is 35.5 Å². The highest BCUT2D eigenvalue weighted by Gasteiger charge is 2.22. The van der Waals surface area contributed by atoms with Crippen molar-refractivity contribution in [2.45, 2.75) is 41.7 Å². The Morgan fingerprint density at radius 1 is 0.977 bits per heavy atom. The minimum Gasteiger partial charge on any atom is -0.490 e. The van der Waals surface area contributed by atoms with Gasteiger partial charge in [-0.3, -0.25) is 4.79 Å². The summed E-state index contributed by atoms with van der Waals surface area (Å²) in [5, 5.41) is 14.6. The van der Waals surface area contributed by atoms with E-state index >= 15 is 0 Å². The van der Waals surface area contributed by atoms with Crippen LogP contribution in [0.3, 0.4) is 0 Å². The van der Waals surface area contributed by atoms with Gasteiger partial charge in [-0.1, -0.05) is 18.2 Å². The number of rotatable bonds is 13. The Morgan fingerprint density at radius 2 is 1.67 bits per heavy atom. The third-order valence-corrected chi connectivity index (χ3v) is 8.91. The van der Waals surface area contributed by atoms with Gasteiger partial charge in [0.05, 0.1) is 4.90 Å². The molecule has 1 heterocycles. The zero-order valence-corrected chi connectivity index (χ0v) is 25.9. The Balaban J connectivity index is 1.34. The number of nitrogens with one attached hydrogen (secondary N) is 2. The van der Waals surface area contributed by atoms with Crippen molar-refractivity contribution in [3.8, 4) is 17.2 Å². The Labute approximate surface area is 250 Å². The van der Waals surface area contributed by atoms with Crippen LogP contribution in [-0.2, 0) is 26.1 Å². The summed E-state index contributed by atoms with van der Waals surface area (Å²) in [6.07, 6.45) is 1.80. The van der Waals surface area contributed by atoms with Gasteiger partial charge >= 0.3 is 0 Å². The van der Waals surface area contributed by atoms with E-state index < -0.39 is 37.2 Å². The van der Waals surface area contributed by atoms with Crippen LogP contribution < -0.4 is 20.5 Å². The van der Waals surface area contributed by atoms with Crippen molar-refractivity contribution in [1.82, 2.24) is 10.3 Å². The van der Waals surface area contributed by atoms with E-state index in [1.165, 1.54) is 12.1 Å². The molecule has 0 aliphatic rings. The Bertz CT molecular complexity index is 1850. The molecule has 4 rings (SSSR count). The molecule has 5 N–H and O–H groups in total. The summed E-state index contributed by atoms with van der Waals surface area (Å²) < 4.78 is 60.0. The lowest BCUT2D eigenvalue weighted by molar-refractivity contribution is 0.0992. The largest absolute Gasteiger partial charge is 0.490 e. The molecule has 13 heteroatoms. The predicted octanol–water partition coefficient (Wildman–Crippen LogP) is 3.22. The molecule has 11 nitrogen and oxygen atoms in total. The molecule has 43 heavy (non-hydrogen) atoms. The molecule has 1 aromatic heterocycles. The van der Waals surface area contributed by atoms with Crippen molar-refractivity contribution in [1.29, 1.82) is 0 Å². The second-order valence-corrected chi connectivity index (χ2v) is 15.1. The average Bonchev–Trinajstić information content (AvgIpc) is 3.36. The first-order valence-electron chi connectivity index (χ1n) is 13.3. The van der Waals surface area contributed by atoms with Crippen LogP contribution in [0.15, 0.2) is 76.5 Å². The molecular weight excluding hydrogens is 594 g/mol. The number of carbonyl (C=O) groups excluding carboxylic acids is 1. The normalized spacial score (nSPS) is 13.1. The molecule has 0 radical (unpaired) electrons. The molecule has 1 amide bonds. The lowest BCUT2D eigenvalue weighted by Crippen LogP contribution is -2.46. The van der Waals surface area contributed by atoms with Gasteiger partial charge in [-0.25, -0.2) is 16.8 Å². The first kappa shape index (κ1) is 32.0. The minimum absolute atomic E-state index is 0.0295. The quantitative estimate of drug-likeness (QED) is 0.173. The van der Waals surface area contributed by atoms with E-state index in [1.54, 1.807) is 36.4 Å². The zero-order valence-electron chi connectivity index (χ0n) is 24.2. The number of hydrogen-bond donors (Lipinski definition) is 4. The van der Waals surface area contributed by atoms with Crippen molar-refractivity contribution in [3.63, 3.8) is 0 Å². The van der Waals surface area contributed by atoms with Crippen LogP contribution in [0.25, 0.3) is 10.9 Å². The molecule has 0 aliphatic carbocycles. The van der Waals surface area contributed by atoms with Crippen molar-refractivity contribution in [2.24, 2.45) is 5.73 Å². The lowest BCUT2D eigenvalue weighted by Gasteiger charge is -2.28. The fourth-order valence-electron chi connectivity index (χ4n) is 4.49. The van der Waals surface area contributed by atoms with Gasteiger partial charge < -0.3 is 30.6 Å². The Morgan fingerprint density at radius 3 is 2.30 bits per heavy atom. The summed E-state index contributed by atoms with van der Waals surface area (Å²) in [7, 11) is -7.36. The van der Waals surface area contributed by atoms with Crippen LogP contribution in [0.4, 0.5) is 0 Å². The summed E-state index contributed by atoms with van der Waals surface area (Å²) in [4.78, 5) is 14.1.